The highest BCUT2D eigenvalue weighted by Crippen LogP contribution is 2.15. The van der Waals surface area contributed by atoms with E-state index in [1.807, 2.05) is 13.8 Å². The summed E-state index contributed by atoms with van der Waals surface area (Å²) in [5.74, 6) is -0.400. The van der Waals surface area contributed by atoms with Gasteiger partial charge < -0.3 is 9.47 Å². The van der Waals surface area contributed by atoms with Crippen LogP contribution in [0.5, 0.6) is 0 Å². The summed E-state index contributed by atoms with van der Waals surface area (Å²) in [6, 6.07) is 0. The third-order valence-corrected chi connectivity index (χ3v) is 1.99. The van der Waals surface area contributed by atoms with E-state index in [9.17, 15) is 9.59 Å². The highest BCUT2D eigenvalue weighted by Gasteiger charge is 2.20. The lowest BCUT2D eigenvalue weighted by atomic mass is 10.0. The Balaban J connectivity index is 4.15. The summed E-state index contributed by atoms with van der Waals surface area (Å²) < 4.78 is 10.1. The van der Waals surface area contributed by atoms with Gasteiger partial charge in [0.25, 0.3) is 0 Å². The first-order chi connectivity index (χ1) is 6.82. The summed E-state index contributed by atoms with van der Waals surface area (Å²) in [5.41, 5.74) is 0. The van der Waals surface area contributed by atoms with Gasteiger partial charge in [0.1, 0.15) is 12.2 Å². The summed E-state index contributed by atoms with van der Waals surface area (Å²) in [6.45, 7) is 8.47. The van der Waals surface area contributed by atoms with Crippen LogP contribution in [0.25, 0.3) is 0 Å². The predicted molar refractivity (Wildman–Crippen MR) is 56.2 cm³/mol. The van der Waals surface area contributed by atoms with Crippen molar-refractivity contribution in [1.82, 2.24) is 0 Å². The topological polar surface area (TPSA) is 52.6 Å². The zero-order valence-corrected chi connectivity index (χ0v) is 10.1. The van der Waals surface area contributed by atoms with Gasteiger partial charge in [0.15, 0.2) is 0 Å². The molecule has 0 aliphatic heterocycles. The van der Waals surface area contributed by atoms with Gasteiger partial charge in [-0.3, -0.25) is 9.59 Å². The quantitative estimate of drug-likeness (QED) is 0.659. The molecule has 0 saturated heterocycles. The number of rotatable bonds is 5. The van der Waals surface area contributed by atoms with E-state index in [0.29, 0.717) is 6.42 Å². The first-order valence-corrected chi connectivity index (χ1v) is 5.17. The van der Waals surface area contributed by atoms with E-state index in [1.165, 1.54) is 13.8 Å². The molecule has 0 rings (SSSR count). The molecule has 0 saturated carbocycles. The predicted octanol–water partition coefficient (Wildman–Crippen LogP) is 1.92. The van der Waals surface area contributed by atoms with Gasteiger partial charge >= 0.3 is 11.9 Å². The van der Waals surface area contributed by atoms with Crippen molar-refractivity contribution < 1.29 is 19.1 Å². The van der Waals surface area contributed by atoms with Gasteiger partial charge in [0.2, 0.25) is 0 Å². The van der Waals surface area contributed by atoms with Gasteiger partial charge in [-0.2, -0.15) is 0 Å². The fraction of sp³-hybridized carbons (Fsp3) is 0.818. The second kappa shape index (κ2) is 6.43. The molecule has 88 valence electrons. The molecule has 0 bridgehead atoms. The third-order valence-electron chi connectivity index (χ3n) is 1.99. The van der Waals surface area contributed by atoms with Crippen molar-refractivity contribution in [2.45, 2.75) is 53.2 Å². The van der Waals surface area contributed by atoms with E-state index in [1.54, 1.807) is 6.92 Å². The minimum absolute atomic E-state index is 0.197. The third kappa shape index (κ3) is 6.94. The van der Waals surface area contributed by atoms with Crippen LogP contribution in [0.15, 0.2) is 0 Å². The maximum absolute atomic E-state index is 10.8. The highest BCUT2D eigenvalue weighted by molar-refractivity contribution is 5.66. The molecular weight excluding hydrogens is 196 g/mol. The summed E-state index contributed by atoms with van der Waals surface area (Å²) in [6.07, 6.45) is 0.114. The first kappa shape index (κ1) is 13.9. The molecule has 0 N–H and O–H groups in total. The SMILES string of the molecule is CC(=O)O[C@H](C)C[C@H](OC(C)=O)C(C)C. The molecule has 0 aliphatic carbocycles. The number of ether oxygens (including phenoxy) is 2. The Kier molecular flexibility index (Phi) is 5.97. The second-order valence-electron chi connectivity index (χ2n) is 4.05. The maximum atomic E-state index is 10.8. The van der Waals surface area contributed by atoms with Crippen LogP contribution < -0.4 is 0 Å². The monoisotopic (exact) mass is 216 g/mol. The molecule has 0 unspecified atom stereocenters. The Labute approximate surface area is 90.9 Å². The molecule has 15 heavy (non-hydrogen) atoms. The van der Waals surface area contributed by atoms with E-state index in [2.05, 4.69) is 0 Å². The maximum Gasteiger partial charge on any atom is 0.302 e. The summed E-state index contributed by atoms with van der Waals surface area (Å²) in [5, 5.41) is 0. The minimum Gasteiger partial charge on any atom is -0.463 e. The lowest BCUT2D eigenvalue weighted by molar-refractivity contribution is -0.153. The summed E-state index contributed by atoms with van der Waals surface area (Å²) >= 11 is 0. The van der Waals surface area contributed by atoms with Crippen molar-refractivity contribution in [3.63, 3.8) is 0 Å². The molecule has 4 nitrogen and oxygen atoms in total. The molecule has 4 heteroatoms. The Morgan fingerprint density at radius 1 is 1.00 bits per heavy atom. The van der Waals surface area contributed by atoms with Crippen molar-refractivity contribution in [1.29, 1.82) is 0 Å². The Morgan fingerprint density at radius 2 is 1.47 bits per heavy atom. The van der Waals surface area contributed by atoms with E-state index < -0.39 is 0 Å². The molecule has 0 radical (unpaired) electrons. The fourth-order valence-electron chi connectivity index (χ4n) is 1.33. The average Bonchev–Trinajstić information content (AvgIpc) is 1.99. The Hall–Kier alpha value is -1.06. The molecule has 0 aromatic rings. The molecule has 2 atom stereocenters. The number of esters is 2. The van der Waals surface area contributed by atoms with Crippen molar-refractivity contribution in [3.8, 4) is 0 Å². The van der Waals surface area contributed by atoms with E-state index in [4.69, 9.17) is 9.47 Å². The van der Waals surface area contributed by atoms with E-state index >= 15 is 0 Å². The average molecular weight is 216 g/mol. The number of hydrogen-bond donors (Lipinski definition) is 0. The minimum atomic E-state index is -0.312. The van der Waals surface area contributed by atoms with Crippen LogP contribution in [0, 0.1) is 5.92 Å². The molecule has 0 spiro atoms. The van der Waals surface area contributed by atoms with Crippen LogP contribution in [-0.4, -0.2) is 24.1 Å². The van der Waals surface area contributed by atoms with Gasteiger partial charge in [-0.1, -0.05) is 13.8 Å². The largest absolute Gasteiger partial charge is 0.463 e. The van der Waals surface area contributed by atoms with E-state index in [-0.39, 0.29) is 30.1 Å². The molecule has 0 amide bonds. The lowest BCUT2D eigenvalue weighted by Gasteiger charge is -2.23. The first-order valence-electron chi connectivity index (χ1n) is 5.17. The van der Waals surface area contributed by atoms with Gasteiger partial charge in [-0.15, -0.1) is 0 Å². The fourth-order valence-corrected chi connectivity index (χ4v) is 1.33. The van der Waals surface area contributed by atoms with Crippen molar-refractivity contribution >= 4 is 11.9 Å². The molecule has 0 aromatic heterocycles. The van der Waals surface area contributed by atoms with Crippen LogP contribution >= 0.6 is 0 Å². The van der Waals surface area contributed by atoms with Crippen LogP contribution in [0.1, 0.15) is 41.0 Å². The second-order valence-corrected chi connectivity index (χ2v) is 4.05. The highest BCUT2D eigenvalue weighted by atomic mass is 16.6. The van der Waals surface area contributed by atoms with Crippen LogP contribution in [0.4, 0.5) is 0 Å². The lowest BCUT2D eigenvalue weighted by Crippen LogP contribution is -2.28. The van der Waals surface area contributed by atoms with Gasteiger partial charge in [-0.05, 0) is 12.8 Å². The number of hydrogen-bond acceptors (Lipinski definition) is 4. The molecule has 0 heterocycles. The van der Waals surface area contributed by atoms with Crippen molar-refractivity contribution in [2.75, 3.05) is 0 Å². The van der Waals surface area contributed by atoms with E-state index in [0.717, 1.165) is 0 Å². The standard InChI is InChI=1S/C11H20O4/c1-7(2)11(15-10(5)13)6-8(3)14-9(4)12/h7-8,11H,6H2,1-5H3/t8-,11+/m1/s1. The summed E-state index contributed by atoms with van der Waals surface area (Å²) in [7, 11) is 0. The van der Waals surface area contributed by atoms with Crippen molar-refractivity contribution in [3.05, 3.63) is 0 Å². The normalized spacial score (nSPS) is 14.5. The molecule has 0 fully saturated rings. The van der Waals surface area contributed by atoms with Gasteiger partial charge in [0.05, 0.1) is 0 Å². The molecular formula is C11H20O4. The van der Waals surface area contributed by atoms with Crippen molar-refractivity contribution in [2.24, 2.45) is 5.92 Å². The van der Waals surface area contributed by atoms with Gasteiger partial charge in [-0.25, -0.2) is 0 Å². The number of carbonyl (C=O) groups is 2. The Morgan fingerprint density at radius 3 is 1.80 bits per heavy atom. The van der Waals surface area contributed by atoms with Crippen LogP contribution in [0.2, 0.25) is 0 Å². The zero-order valence-electron chi connectivity index (χ0n) is 10.1. The van der Waals surface area contributed by atoms with Gasteiger partial charge in [0, 0.05) is 20.3 Å². The smallest absolute Gasteiger partial charge is 0.302 e. The molecule has 0 aromatic carbocycles. The van der Waals surface area contributed by atoms with Crippen LogP contribution in [-0.2, 0) is 19.1 Å². The van der Waals surface area contributed by atoms with Crippen LogP contribution in [0.3, 0.4) is 0 Å². The summed E-state index contributed by atoms with van der Waals surface area (Å²) in [4.78, 5) is 21.5. The zero-order chi connectivity index (χ0) is 12.0. The molecule has 0 aliphatic rings. The Bertz CT molecular complexity index is 223. The number of carbonyl (C=O) groups excluding carboxylic acids is 2.